The third-order valence-electron chi connectivity index (χ3n) is 4.63. The first-order valence-electron chi connectivity index (χ1n) is 10.2. The van der Waals surface area contributed by atoms with Crippen LogP contribution in [-0.4, -0.2) is 56.0 Å². The summed E-state index contributed by atoms with van der Waals surface area (Å²) >= 11 is 1.06. The lowest BCUT2D eigenvalue weighted by molar-refractivity contribution is -0.129. The summed E-state index contributed by atoms with van der Waals surface area (Å²) in [6.07, 6.45) is 2.75. The average Bonchev–Trinajstić information content (AvgIpc) is 3.12. The highest BCUT2D eigenvalue weighted by molar-refractivity contribution is 8.14. The number of carbonyl (C=O) groups is 4. The molecule has 0 spiro atoms. The van der Waals surface area contributed by atoms with Gasteiger partial charge in [0, 0.05) is 42.1 Å². The van der Waals surface area contributed by atoms with Crippen molar-refractivity contribution in [3.8, 4) is 0 Å². The Balaban J connectivity index is 2.20. The van der Waals surface area contributed by atoms with Crippen molar-refractivity contribution in [3.05, 3.63) is 41.6 Å². The molecule has 0 bridgehead atoms. The van der Waals surface area contributed by atoms with Crippen LogP contribution in [0.4, 0.5) is 0 Å². The van der Waals surface area contributed by atoms with Gasteiger partial charge in [-0.05, 0) is 18.1 Å². The smallest absolute Gasteiger partial charge is 0.323 e. The molecule has 2 amide bonds. The highest BCUT2D eigenvalue weighted by Gasteiger charge is 2.28. The van der Waals surface area contributed by atoms with E-state index in [9.17, 15) is 19.2 Å². The van der Waals surface area contributed by atoms with Crippen LogP contribution in [0, 0.1) is 0 Å². The molecule has 2 atom stereocenters. The number of carbonyl (C=O) groups excluding carboxylic acids is 4. The molecule has 3 N–H and O–H groups in total. The van der Waals surface area contributed by atoms with Crippen LogP contribution in [-0.2, 0) is 25.6 Å². The first-order chi connectivity index (χ1) is 15.2. The topological polar surface area (TPSA) is 145 Å². The molecule has 1 heterocycles. The van der Waals surface area contributed by atoms with Crippen LogP contribution >= 0.6 is 11.8 Å². The lowest BCUT2D eigenvalue weighted by atomic mass is 10.0. The minimum absolute atomic E-state index is 0.00558. The molecule has 170 valence electrons. The van der Waals surface area contributed by atoms with Crippen LogP contribution in [0.1, 0.15) is 39.2 Å². The van der Waals surface area contributed by atoms with Crippen molar-refractivity contribution in [2.75, 3.05) is 0 Å². The van der Waals surface area contributed by atoms with Gasteiger partial charge in [0.2, 0.25) is 22.7 Å². The largest absolute Gasteiger partial charge is 0.361 e. The zero-order valence-corrected chi connectivity index (χ0v) is 19.1. The molecule has 0 radical (unpaired) electrons. The van der Waals surface area contributed by atoms with E-state index in [0.29, 0.717) is 0 Å². The van der Waals surface area contributed by atoms with E-state index in [1.807, 2.05) is 38.1 Å². The Labute approximate surface area is 190 Å². The second-order valence-corrected chi connectivity index (χ2v) is 9.19. The molecule has 32 heavy (non-hydrogen) atoms. The SMILES string of the molecule is CC(=O)NC(Cc1c[nH]c2ccccc12)C(=O)NC(CCC(=O)C=[N+]=[N-])C(=O)SC(C)C. The van der Waals surface area contributed by atoms with Crippen LogP contribution in [0.15, 0.2) is 30.5 Å². The summed E-state index contributed by atoms with van der Waals surface area (Å²) in [6, 6.07) is 5.79. The maximum absolute atomic E-state index is 13.1. The van der Waals surface area contributed by atoms with Crippen LogP contribution < -0.4 is 10.6 Å². The van der Waals surface area contributed by atoms with Gasteiger partial charge >= 0.3 is 6.21 Å². The summed E-state index contributed by atoms with van der Waals surface area (Å²) in [7, 11) is 0. The summed E-state index contributed by atoms with van der Waals surface area (Å²) in [4.78, 5) is 55.0. The second kappa shape index (κ2) is 12.0. The summed E-state index contributed by atoms with van der Waals surface area (Å²) < 4.78 is 0. The highest BCUT2D eigenvalue weighted by Crippen LogP contribution is 2.20. The molecule has 0 fully saturated rings. The summed E-state index contributed by atoms with van der Waals surface area (Å²) in [5.41, 5.74) is 10.3. The van der Waals surface area contributed by atoms with Gasteiger partial charge in [0.25, 0.3) is 0 Å². The Kier molecular flexibility index (Phi) is 9.37. The first-order valence-corrected chi connectivity index (χ1v) is 11.1. The van der Waals surface area contributed by atoms with Gasteiger partial charge in [-0.15, -0.1) is 0 Å². The molecule has 0 saturated carbocycles. The fourth-order valence-electron chi connectivity index (χ4n) is 3.23. The molecule has 0 saturated heterocycles. The summed E-state index contributed by atoms with van der Waals surface area (Å²) in [5.74, 6) is -1.36. The van der Waals surface area contributed by atoms with E-state index < -0.39 is 23.8 Å². The number of rotatable bonds is 11. The molecule has 0 aliphatic heterocycles. The number of aromatic amines is 1. The Morgan fingerprint density at radius 2 is 1.88 bits per heavy atom. The molecule has 9 nitrogen and oxygen atoms in total. The number of hydrogen-bond donors (Lipinski definition) is 3. The fourth-order valence-corrected chi connectivity index (χ4v) is 4.03. The second-order valence-electron chi connectivity index (χ2n) is 7.61. The molecule has 1 aromatic heterocycles. The molecular weight excluding hydrogens is 430 g/mol. The monoisotopic (exact) mass is 457 g/mol. The molecule has 10 heteroatoms. The van der Waals surface area contributed by atoms with Crippen LogP contribution in [0.2, 0.25) is 0 Å². The number of para-hydroxylation sites is 1. The number of ketones is 1. The Morgan fingerprint density at radius 1 is 1.16 bits per heavy atom. The first kappa shape index (κ1) is 25.0. The van der Waals surface area contributed by atoms with E-state index in [1.54, 1.807) is 6.20 Å². The van der Waals surface area contributed by atoms with Crippen LogP contribution in [0.25, 0.3) is 16.4 Å². The fraction of sp³-hybridized carbons (Fsp3) is 0.409. The predicted octanol–water partition coefficient (Wildman–Crippen LogP) is 2.02. The van der Waals surface area contributed by atoms with E-state index in [0.717, 1.165) is 34.4 Å². The zero-order valence-electron chi connectivity index (χ0n) is 18.3. The van der Waals surface area contributed by atoms with Gasteiger partial charge in [0.15, 0.2) is 0 Å². The van der Waals surface area contributed by atoms with Gasteiger partial charge in [-0.3, -0.25) is 19.2 Å². The van der Waals surface area contributed by atoms with E-state index >= 15 is 0 Å². The minimum atomic E-state index is -0.926. The lowest BCUT2D eigenvalue weighted by Gasteiger charge is -2.22. The van der Waals surface area contributed by atoms with Crippen molar-refractivity contribution in [3.63, 3.8) is 0 Å². The molecule has 2 aromatic rings. The number of nitrogens with one attached hydrogen (secondary N) is 3. The number of benzene rings is 1. The molecule has 2 rings (SSSR count). The number of nitrogens with zero attached hydrogens (tertiary/aromatic N) is 2. The van der Waals surface area contributed by atoms with Gasteiger partial charge in [-0.25, -0.2) is 0 Å². The van der Waals surface area contributed by atoms with Gasteiger partial charge in [-0.2, -0.15) is 4.79 Å². The van der Waals surface area contributed by atoms with Gasteiger partial charge in [0.05, 0.1) is 6.04 Å². The van der Waals surface area contributed by atoms with E-state index in [2.05, 4.69) is 20.4 Å². The molecule has 0 aliphatic rings. The predicted molar refractivity (Wildman–Crippen MR) is 123 cm³/mol. The van der Waals surface area contributed by atoms with Gasteiger partial charge in [0.1, 0.15) is 6.04 Å². The Hall–Kier alpha value is -3.23. The number of amides is 2. The zero-order chi connectivity index (χ0) is 23.7. The molecule has 1 aromatic carbocycles. The van der Waals surface area contributed by atoms with Crippen LogP contribution in [0.5, 0.6) is 0 Å². The number of Topliss-reactive ketones (excluding diaryl/α,β-unsaturated/α-hetero) is 1. The van der Waals surface area contributed by atoms with E-state index in [-0.39, 0.29) is 35.5 Å². The molecule has 2 unspecified atom stereocenters. The average molecular weight is 458 g/mol. The van der Waals surface area contributed by atoms with Gasteiger partial charge in [-0.1, -0.05) is 43.8 Å². The number of hydrogen-bond acceptors (Lipinski definition) is 5. The van der Waals surface area contributed by atoms with Crippen molar-refractivity contribution in [2.45, 2.75) is 57.4 Å². The van der Waals surface area contributed by atoms with Gasteiger partial charge < -0.3 is 21.1 Å². The Morgan fingerprint density at radius 3 is 2.53 bits per heavy atom. The van der Waals surface area contributed by atoms with Crippen LogP contribution in [0.3, 0.4) is 0 Å². The number of fused-ring (bicyclic) bond motifs is 1. The maximum Gasteiger partial charge on any atom is 0.323 e. The lowest BCUT2D eigenvalue weighted by Crippen LogP contribution is -2.52. The maximum atomic E-state index is 13.1. The summed E-state index contributed by atoms with van der Waals surface area (Å²) in [6.45, 7) is 5.02. The molecular formula is C22H27N5O4S. The van der Waals surface area contributed by atoms with Crippen molar-refractivity contribution in [1.82, 2.24) is 15.6 Å². The third kappa shape index (κ3) is 7.47. The molecule has 0 aliphatic carbocycles. The Bertz CT molecular complexity index is 1040. The highest BCUT2D eigenvalue weighted by atomic mass is 32.2. The van der Waals surface area contributed by atoms with Crippen molar-refractivity contribution in [1.29, 1.82) is 0 Å². The minimum Gasteiger partial charge on any atom is -0.361 e. The summed E-state index contributed by atoms with van der Waals surface area (Å²) in [5, 5.41) is 5.99. The standard InChI is InChI=1S/C22H27N5O4S/c1-13(2)32-22(31)19(9-8-16(29)12-25-23)27-21(30)20(26-14(3)28)10-15-11-24-18-7-5-4-6-17(15)18/h4-7,11-13,19-20,24H,8-10H2,1-3H3,(H,26,28)(H,27,30). The van der Waals surface area contributed by atoms with E-state index in [4.69, 9.17) is 5.53 Å². The number of H-pyrrole nitrogens is 1. The third-order valence-corrected chi connectivity index (χ3v) is 5.62. The van der Waals surface area contributed by atoms with Crippen molar-refractivity contribution >= 4 is 51.6 Å². The quantitative estimate of drug-likeness (QED) is 0.269. The normalized spacial score (nSPS) is 12.6. The number of thioether (sulfide) groups is 1. The number of aromatic nitrogens is 1. The van der Waals surface area contributed by atoms with Crippen molar-refractivity contribution < 1.29 is 24.0 Å². The van der Waals surface area contributed by atoms with E-state index in [1.165, 1.54) is 6.92 Å². The van der Waals surface area contributed by atoms with Crippen molar-refractivity contribution in [2.24, 2.45) is 0 Å².